The minimum Gasteiger partial charge on any atom is -0.492 e. The minimum atomic E-state index is -4.05. The molecule has 3 N–H and O–H groups in total. The Labute approximate surface area is 330 Å². The van der Waals surface area contributed by atoms with Gasteiger partial charge in [0.05, 0.1) is 17.9 Å². The molecule has 0 spiro atoms. The fourth-order valence-electron chi connectivity index (χ4n) is 8.16. The second kappa shape index (κ2) is 15.0. The third-order valence-corrected chi connectivity index (χ3v) is 14.4. The van der Waals surface area contributed by atoms with Crippen molar-refractivity contribution in [3.05, 3.63) is 42.1 Å². The van der Waals surface area contributed by atoms with E-state index in [1.54, 1.807) is 20.0 Å². The van der Waals surface area contributed by atoms with Gasteiger partial charge in [0, 0.05) is 35.7 Å². The van der Waals surface area contributed by atoms with E-state index in [0.29, 0.717) is 44.1 Å². The number of carbonyl (C=O) groups excluding carboxylic acids is 4. The van der Waals surface area contributed by atoms with Crippen LogP contribution in [0.1, 0.15) is 85.1 Å². The number of ether oxygens (including phenoxy) is 3. The summed E-state index contributed by atoms with van der Waals surface area (Å²) < 4.78 is 72.4. The highest BCUT2D eigenvalue weighted by molar-refractivity contribution is 7.91. The quantitative estimate of drug-likeness (QED) is 0.320. The molecule has 2 aliphatic carbocycles. The number of nitrogens with zero attached hydrogens (tertiary/aromatic N) is 2. The highest BCUT2D eigenvalue weighted by Crippen LogP contribution is 2.48. The second-order valence-electron chi connectivity index (χ2n) is 17.2. The van der Waals surface area contributed by atoms with Crippen molar-refractivity contribution in [2.75, 3.05) is 13.2 Å². The number of pyridine rings is 1. The monoisotopic (exact) mass is 815 g/mol. The summed E-state index contributed by atoms with van der Waals surface area (Å²) >= 11 is 0. The summed E-state index contributed by atoms with van der Waals surface area (Å²) in [4.78, 5) is 62.1. The molecule has 1 saturated heterocycles. The van der Waals surface area contributed by atoms with E-state index in [4.69, 9.17) is 14.2 Å². The van der Waals surface area contributed by atoms with Crippen molar-refractivity contribution in [3.63, 3.8) is 0 Å². The number of aromatic nitrogens is 1. The average molecular weight is 816 g/mol. The highest BCUT2D eigenvalue weighted by atomic mass is 32.2. The maximum absolute atomic E-state index is 14.8. The molecule has 17 heteroatoms. The van der Waals surface area contributed by atoms with Crippen molar-refractivity contribution in [1.82, 2.24) is 25.2 Å². The van der Waals surface area contributed by atoms with Crippen molar-refractivity contribution in [2.24, 2.45) is 17.8 Å². The number of fused-ring (bicyclic) bond motifs is 5. The summed E-state index contributed by atoms with van der Waals surface area (Å²) in [7, 11) is -4.05. The molecule has 3 aliphatic heterocycles. The fourth-order valence-corrected chi connectivity index (χ4v) is 9.48. The number of carbonyl (C=O) groups is 4. The third-order valence-electron chi connectivity index (χ3n) is 12.2. The molecule has 310 valence electrons. The summed E-state index contributed by atoms with van der Waals surface area (Å²) in [5.74, 6) is -2.26. The normalized spacial score (nSPS) is 30.4. The maximum Gasteiger partial charge on any atom is 0.408 e. The Morgan fingerprint density at radius 2 is 1.88 bits per heavy atom. The van der Waals surface area contributed by atoms with Crippen molar-refractivity contribution >= 4 is 44.6 Å². The van der Waals surface area contributed by atoms with Gasteiger partial charge in [0.15, 0.2) is 5.60 Å². The molecule has 0 unspecified atom stereocenters. The Bertz CT molecular complexity index is 2090. The van der Waals surface area contributed by atoms with Gasteiger partial charge in [0.25, 0.3) is 12.3 Å². The lowest BCUT2D eigenvalue weighted by Gasteiger charge is -2.33. The molecule has 2 saturated carbocycles. The largest absolute Gasteiger partial charge is 0.492 e. The lowest BCUT2D eigenvalue weighted by molar-refractivity contribution is -0.142. The number of alkyl halides is 2. The predicted octanol–water partition coefficient (Wildman–Crippen LogP) is 4.54. The first-order chi connectivity index (χ1) is 26.8. The van der Waals surface area contributed by atoms with Gasteiger partial charge in [-0.1, -0.05) is 32.1 Å². The van der Waals surface area contributed by atoms with Crippen molar-refractivity contribution in [3.8, 4) is 11.6 Å². The number of hydrogen-bond donors (Lipinski definition) is 3. The molecule has 3 fully saturated rings. The number of benzene rings is 1. The zero-order valence-electron chi connectivity index (χ0n) is 32.8. The van der Waals surface area contributed by atoms with E-state index < -0.39 is 86.2 Å². The van der Waals surface area contributed by atoms with Crippen LogP contribution in [0.4, 0.5) is 13.6 Å². The number of hydrogen-bond acceptors (Lipinski definition) is 10. The molecule has 1 aromatic carbocycles. The lowest BCUT2D eigenvalue weighted by Crippen LogP contribution is -2.59. The topological polar surface area (TPSA) is 182 Å². The molecule has 0 radical (unpaired) electrons. The molecule has 4 heterocycles. The van der Waals surface area contributed by atoms with Gasteiger partial charge in [0.1, 0.15) is 29.5 Å². The van der Waals surface area contributed by atoms with Crippen LogP contribution in [-0.4, -0.2) is 95.8 Å². The van der Waals surface area contributed by atoms with Crippen LogP contribution in [0.15, 0.2) is 36.5 Å². The van der Waals surface area contributed by atoms with Crippen molar-refractivity contribution in [1.29, 1.82) is 0 Å². The standard InChI is InChI=1S/C40H51F2N5O9S/c1-22-8-6-7-9-25-20-40(25,36(50)46-57(52,53)39(5)14-15-39)45-32(48)29-19-26(55-33-28-11-10-24-13-17-54-31(24)27(28)12-16-43-33)21-47(29)34(49)30(23(2)18-22)44-37(51)56-38(3,4)35(41)42/h7,9-12,16,22-23,25-26,29-30,35H,6,8,13-15,17-21H2,1-5H3,(H,44,51)(H,45,48)(H,46,50)/b9-7-/t22-,23-,25-,26-,29+,30+,40-/m1/s1. The molecule has 4 amide bonds. The van der Waals surface area contributed by atoms with Crippen LogP contribution in [0.25, 0.3) is 10.8 Å². The van der Waals surface area contributed by atoms with Crippen LogP contribution in [0.3, 0.4) is 0 Å². The first kappa shape index (κ1) is 40.6. The number of amides is 4. The van der Waals surface area contributed by atoms with Gasteiger partial charge in [-0.25, -0.2) is 27.0 Å². The Kier molecular flexibility index (Phi) is 10.7. The van der Waals surface area contributed by atoms with Crippen LogP contribution in [0.2, 0.25) is 0 Å². The molecule has 5 aliphatic rings. The molecular weight excluding hydrogens is 765 g/mol. The van der Waals surface area contributed by atoms with Gasteiger partial charge in [-0.3, -0.25) is 19.1 Å². The fraction of sp³-hybridized carbons (Fsp3) is 0.625. The molecule has 2 aromatic rings. The SMILES string of the molecule is C[C@@H]1CC/C=C\[C@@H]2C[C@@]2(C(=O)NS(=O)(=O)C2(C)CC2)NC(=O)[C@@H]2C[C@@H](Oc3nccc4c5c(ccc34)CCO5)CN2C(=O)[C@@H](NC(=O)OC(C)(C)C(F)F)[C@H](C)C1. The summed E-state index contributed by atoms with van der Waals surface area (Å²) in [5, 5.41) is 6.84. The van der Waals surface area contributed by atoms with Crippen LogP contribution < -0.4 is 24.8 Å². The van der Waals surface area contributed by atoms with E-state index in [9.17, 15) is 36.4 Å². The number of allylic oxidation sites excluding steroid dienone is 1. The Hall–Kier alpha value is -4.54. The molecule has 1 aromatic heterocycles. The Morgan fingerprint density at radius 3 is 2.60 bits per heavy atom. The van der Waals surface area contributed by atoms with Crippen molar-refractivity contribution < 1.29 is 50.6 Å². The number of nitrogens with one attached hydrogen (secondary N) is 3. The Balaban J connectivity index is 1.22. The number of sulfonamides is 1. The van der Waals surface area contributed by atoms with E-state index >= 15 is 0 Å². The number of halogens is 2. The van der Waals surface area contributed by atoms with Crippen molar-refractivity contribution in [2.45, 2.75) is 126 Å². The van der Waals surface area contributed by atoms with E-state index in [1.165, 1.54) is 4.90 Å². The smallest absolute Gasteiger partial charge is 0.408 e. The van der Waals surface area contributed by atoms with Crippen LogP contribution >= 0.6 is 0 Å². The first-order valence-corrected chi connectivity index (χ1v) is 21.2. The Morgan fingerprint density at radius 1 is 1.12 bits per heavy atom. The minimum absolute atomic E-state index is 0.0326. The summed E-state index contributed by atoms with van der Waals surface area (Å²) in [6.45, 7) is 7.85. The number of rotatable bonds is 8. The maximum atomic E-state index is 14.8. The van der Waals surface area contributed by atoms with Gasteiger partial charge in [-0.2, -0.15) is 0 Å². The predicted molar refractivity (Wildman–Crippen MR) is 204 cm³/mol. The van der Waals surface area contributed by atoms with Gasteiger partial charge in [-0.15, -0.1) is 0 Å². The van der Waals surface area contributed by atoms with Gasteiger partial charge >= 0.3 is 6.09 Å². The first-order valence-electron chi connectivity index (χ1n) is 19.7. The lowest BCUT2D eigenvalue weighted by atomic mass is 9.88. The third kappa shape index (κ3) is 8.00. The van der Waals surface area contributed by atoms with Crippen LogP contribution in [0, 0.1) is 17.8 Å². The molecule has 0 bridgehead atoms. The highest BCUT2D eigenvalue weighted by Gasteiger charge is 2.63. The zero-order chi connectivity index (χ0) is 41.1. The molecule has 7 rings (SSSR count). The molecule has 57 heavy (non-hydrogen) atoms. The second-order valence-corrected chi connectivity index (χ2v) is 19.4. The van der Waals surface area contributed by atoms with E-state index in [2.05, 4.69) is 20.3 Å². The van der Waals surface area contributed by atoms with Crippen LogP contribution in [-0.2, 0) is 35.6 Å². The molecular formula is C40H51F2N5O9S. The zero-order valence-corrected chi connectivity index (χ0v) is 33.6. The van der Waals surface area contributed by atoms with E-state index in [0.717, 1.165) is 37.0 Å². The van der Waals surface area contributed by atoms with E-state index in [1.807, 2.05) is 37.3 Å². The average Bonchev–Trinajstić information content (AvgIpc) is 3.92. The number of alkyl carbamates (subject to hydrolysis) is 1. The molecule has 7 atom stereocenters. The summed E-state index contributed by atoms with van der Waals surface area (Å²) in [5.41, 5.74) is -2.70. The van der Waals surface area contributed by atoms with E-state index in [-0.39, 0.29) is 31.2 Å². The van der Waals surface area contributed by atoms with Crippen LogP contribution in [0.5, 0.6) is 11.6 Å². The van der Waals surface area contributed by atoms with Gasteiger partial charge in [-0.05, 0) is 88.8 Å². The summed E-state index contributed by atoms with van der Waals surface area (Å²) in [6.07, 6.45) is 3.65. The van der Waals surface area contributed by atoms with Gasteiger partial charge < -0.3 is 29.7 Å². The van der Waals surface area contributed by atoms with Gasteiger partial charge in [0.2, 0.25) is 27.7 Å². The molecule has 14 nitrogen and oxygen atoms in total. The summed E-state index contributed by atoms with van der Waals surface area (Å²) in [6, 6.07) is 3.10.